The number of nitrogens with one attached hydrogen (secondary N) is 1. The molecule has 29 heavy (non-hydrogen) atoms. The van der Waals surface area contributed by atoms with E-state index >= 15 is 0 Å². The standard InChI is InChI=1S/C21H18FN5O2/c22-14-1-2-15(24-11-14)13-29-17-5-8-26(21(28)10-17)16-4-7-27-19-3-6-23-12-18(19)25-20(27)9-16/h1-2,4-5,7-11,23H,3,6,12-13H2. The highest BCUT2D eigenvalue weighted by Crippen LogP contribution is 2.19. The summed E-state index contributed by atoms with van der Waals surface area (Å²) >= 11 is 0. The normalized spacial score (nSPS) is 13.4. The first kappa shape index (κ1) is 17.6. The number of rotatable bonds is 4. The third kappa shape index (κ3) is 3.38. The second kappa shape index (κ2) is 7.14. The third-order valence-corrected chi connectivity index (χ3v) is 4.97. The summed E-state index contributed by atoms with van der Waals surface area (Å²) in [4.78, 5) is 21.2. The van der Waals surface area contributed by atoms with E-state index in [4.69, 9.17) is 4.74 Å². The van der Waals surface area contributed by atoms with E-state index in [1.54, 1.807) is 22.9 Å². The number of halogens is 1. The van der Waals surface area contributed by atoms with Gasteiger partial charge in [0.1, 0.15) is 23.8 Å². The summed E-state index contributed by atoms with van der Waals surface area (Å²) < 4.78 is 22.2. The molecule has 0 saturated carbocycles. The van der Waals surface area contributed by atoms with Crippen molar-refractivity contribution < 1.29 is 9.13 Å². The second-order valence-electron chi connectivity index (χ2n) is 6.87. The van der Waals surface area contributed by atoms with E-state index in [-0.39, 0.29) is 12.2 Å². The fraction of sp³-hybridized carbons (Fsp3) is 0.190. The van der Waals surface area contributed by atoms with Crippen molar-refractivity contribution in [2.45, 2.75) is 19.6 Å². The maximum atomic E-state index is 12.9. The molecule has 0 bridgehead atoms. The van der Waals surface area contributed by atoms with Crippen LogP contribution < -0.4 is 15.6 Å². The van der Waals surface area contributed by atoms with Crippen molar-refractivity contribution >= 4 is 5.65 Å². The number of aromatic nitrogens is 4. The van der Waals surface area contributed by atoms with Gasteiger partial charge in [0.05, 0.1) is 23.3 Å². The number of hydrogen-bond acceptors (Lipinski definition) is 5. The van der Waals surface area contributed by atoms with E-state index in [2.05, 4.69) is 19.7 Å². The summed E-state index contributed by atoms with van der Waals surface area (Å²) in [7, 11) is 0. The van der Waals surface area contributed by atoms with Crippen LogP contribution in [0.15, 0.2) is 59.8 Å². The van der Waals surface area contributed by atoms with Gasteiger partial charge >= 0.3 is 0 Å². The molecule has 1 aliphatic heterocycles. The van der Waals surface area contributed by atoms with Gasteiger partial charge in [-0.1, -0.05) is 0 Å². The number of ether oxygens (including phenoxy) is 1. The molecule has 4 aromatic rings. The molecule has 1 N–H and O–H groups in total. The van der Waals surface area contributed by atoms with Crippen LogP contribution >= 0.6 is 0 Å². The van der Waals surface area contributed by atoms with Gasteiger partial charge < -0.3 is 14.5 Å². The fourth-order valence-electron chi connectivity index (χ4n) is 3.52. The molecule has 0 atom stereocenters. The van der Waals surface area contributed by atoms with Gasteiger partial charge in [0.15, 0.2) is 0 Å². The molecule has 0 fully saturated rings. The van der Waals surface area contributed by atoms with Crippen LogP contribution in [0.4, 0.5) is 4.39 Å². The van der Waals surface area contributed by atoms with E-state index in [1.165, 1.54) is 17.8 Å². The van der Waals surface area contributed by atoms with Crippen molar-refractivity contribution in [3.63, 3.8) is 0 Å². The summed E-state index contributed by atoms with van der Waals surface area (Å²) in [5.74, 6) is 0.0312. The molecule has 0 saturated heterocycles. The van der Waals surface area contributed by atoms with Crippen molar-refractivity contribution in [1.82, 2.24) is 24.3 Å². The first-order chi connectivity index (χ1) is 14.2. The zero-order valence-electron chi connectivity index (χ0n) is 15.5. The van der Waals surface area contributed by atoms with Crippen LogP contribution in [0.1, 0.15) is 17.1 Å². The molecule has 0 unspecified atom stereocenters. The molecule has 4 aromatic heterocycles. The minimum Gasteiger partial charge on any atom is -0.487 e. The molecule has 0 radical (unpaired) electrons. The molecule has 1 aliphatic rings. The smallest absolute Gasteiger partial charge is 0.258 e. The van der Waals surface area contributed by atoms with Gasteiger partial charge in [-0.05, 0) is 24.3 Å². The summed E-state index contributed by atoms with van der Waals surface area (Å²) in [6.45, 7) is 1.86. The van der Waals surface area contributed by atoms with Crippen molar-refractivity contribution in [3.05, 3.63) is 88.2 Å². The Morgan fingerprint density at radius 3 is 2.93 bits per heavy atom. The van der Waals surface area contributed by atoms with Crippen LogP contribution in [-0.4, -0.2) is 25.5 Å². The summed E-state index contributed by atoms with van der Waals surface area (Å²) in [6, 6.07) is 9.82. The molecule has 5 rings (SSSR count). The molecular weight excluding hydrogens is 373 g/mol. The molecule has 146 valence electrons. The first-order valence-corrected chi connectivity index (χ1v) is 9.34. The lowest BCUT2D eigenvalue weighted by molar-refractivity contribution is 0.300. The van der Waals surface area contributed by atoms with Crippen LogP contribution in [0.3, 0.4) is 0 Å². The maximum Gasteiger partial charge on any atom is 0.258 e. The summed E-state index contributed by atoms with van der Waals surface area (Å²) in [5.41, 5.74) is 4.21. The summed E-state index contributed by atoms with van der Waals surface area (Å²) in [6.07, 6.45) is 5.70. The molecule has 7 nitrogen and oxygen atoms in total. The van der Waals surface area contributed by atoms with Gasteiger partial charge in [-0.15, -0.1) is 0 Å². The molecule has 5 heterocycles. The quantitative estimate of drug-likeness (QED) is 0.578. The predicted molar refractivity (Wildman–Crippen MR) is 105 cm³/mol. The number of nitrogens with zero attached hydrogens (tertiary/aromatic N) is 4. The maximum absolute atomic E-state index is 12.9. The molecule has 0 aliphatic carbocycles. The van der Waals surface area contributed by atoms with Crippen molar-refractivity contribution in [2.24, 2.45) is 0 Å². The number of hydrogen-bond donors (Lipinski definition) is 1. The third-order valence-electron chi connectivity index (χ3n) is 4.97. The Morgan fingerprint density at radius 2 is 2.10 bits per heavy atom. The van der Waals surface area contributed by atoms with Gasteiger partial charge in [0.25, 0.3) is 5.56 Å². The minimum absolute atomic E-state index is 0.156. The summed E-state index contributed by atoms with van der Waals surface area (Å²) in [5, 5.41) is 3.32. The van der Waals surface area contributed by atoms with Gasteiger partial charge in [-0.2, -0.15) is 0 Å². The first-order valence-electron chi connectivity index (χ1n) is 9.34. The lowest BCUT2D eigenvalue weighted by atomic mass is 10.2. The number of pyridine rings is 3. The fourth-order valence-corrected chi connectivity index (χ4v) is 3.52. The van der Waals surface area contributed by atoms with E-state index in [0.29, 0.717) is 11.4 Å². The van der Waals surface area contributed by atoms with E-state index in [0.717, 1.165) is 42.7 Å². The Bertz CT molecular complexity index is 1250. The highest BCUT2D eigenvalue weighted by atomic mass is 19.1. The Hall–Kier alpha value is -3.52. The van der Waals surface area contributed by atoms with Gasteiger partial charge in [0, 0.05) is 49.7 Å². The van der Waals surface area contributed by atoms with Crippen molar-refractivity contribution in [3.8, 4) is 11.4 Å². The Morgan fingerprint density at radius 1 is 1.17 bits per heavy atom. The highest BCUT2D eigenvalue weighted by molar-refractivity contribution is 5.51. The van der Waals surface area contributed by atoms with E-state index < -0.39 is 5.82 Å². The predicted octanol–water partition coefficient (Wildman–Crippen LogP) is 2.24. The Labute approximate surface area is 165 Å². The lowest BCUT2D eigenvalue weighted by Gasteiger charge is -2.12. The number of fused-ring (bicyclic) bond motifs is 3. The molecule has 0 spiro atoms. The highest BCUT2D eigenvalue weighted by Gasteiger charge is 2.16. The minimum atomic E-state index is -0.400. The number of imidazole rings is 1. The lowest BCUT2D eigenvalue weighted by Crippen LogP contribution is -2.24. The van der Waals surface area contributed by atoms with Crippen LogP contribution in [-0.2, 0) is 19.6 Å². The SMILES string of the molecule is O=c1cc(OCc2ccc(F)cn2)ccn1-c1ccn2c3c(nc2c1)CNCC3. The molecule has 0 amide bonds. The average molecular weight is 391 g/mol. The second-order valence-corrected chi connectivity index (χ2v) is 6.87. The Kier molecular flexibility index (Phi) is 4.33. The van der Waals surface area contributed by atoms with Gasteiger partial charge in [-0.25, -0.2) is 9.37 Å². The Balaban J connectivity index is 1.39. The van der Waals surface area contributed by atoms with Crippen LogP contribution in [0, 0.1) is 5.82 Å². The topological polar surface area (TPSA) is 73.5 Å². The average Bonchev–Trinajstić information content (AvgIpc) is 3.11. The monoisotopic (exact) mass is 391 g/mol. The van der Waals surface area contributed by atoms with Crippen LogP contribution in [0.2, 0.25) is 0 Å². The largest absolute Gasteiger partial charge is 0.487 e. The van der Waals surface area contributed by atoms with Crippen LogP contribution in [0.25, 0.3) is 11.3 Å². The van der Waals surface area contributed by atoms with E-state index in [1.807, 2.05) is 18.3 Å². The van der Waals surface area contributed by atoms with Gasteiger partial charge in [-0.3, -0.25) is 14.3 Å². The van der Waals surface area contributed by atoms with E-state index in [9.17, 15) is 9.18 Å². The zero-order valence-corrected chi connectivity index (χ0v) is 15.5. The van der Waals surface area contributed by atoms with Crippen molar-refractivity contribution in [1.29, 1.82) is 0 Å². The molecule has 8 heteroatoms. The molecular formula is C21H18FN5O2. The van der Waals surface area contributed by atoms with Crippen molar-refractivity contribution in [2.75, 3.05) is 6.54 Å². The molecule has 0 aromatic carbocycles. The van der Waals surface area contributed by atoms with Crippen LogP contribution in [0.5, 0.6) is 5.75 Å². The van der Waals surface area contributed by atoms with Gasteiger partial charge in [0.2, 0.25) is 0 Å². The zero-order chi connectivity index (χ0) is 19.8.